The molecule has 7 heteroatoms. The van der Waals surface area contributed by atoms with Gasteiger partial charge in [-0.05, 0) is 29.0 Å². The van der Waals surface area contributed by atoms with Crippen molar-refractivity contribution in [1.29, 1.82) is 0 Å². The molecule has 1 saturated heterocycles. The van der Waals surface area contributed by atoms with Crippen LogP contribution >= 0.6 is 0 Å². The standard InChI is InChI=1S/C22H21N3O4/c26-19-11-20(21(27)23-12-15-4-3-9-24(29)13-15)25(14-19)22(28)18-8-7-16-5-1-2-6-17(16)10-18/h1-10,13,19-20,26H,11-12,14H2,(H,23,27). The van der Waals surface area contributed by atoms with Crippen LogP contribution < -0.4 is 10.0 Å². The van der Waals surface area contributed by atoms with Crippen molar-refractivity contribution in [3.63, 3.8) is 0 Å². The number of aliphatic hydroxyl groups is 1. The highest BCUT2D eigenvalue weighted by Gasteiger charge is 2.39. The molecule has 2 amide bonds. The van der Waals surface area contributed by atoms with Crippen LogP contribution in [0.4, 0.5) is 0 Å². The van der Waals surface area contributed by atoms with Gasteiger partial charge >= 0.3 is 0 Å². The van der Waals surface area contributed by atoms with E-state index < -0.39 is 12.1 Å². The number of rotatable bonds is 4. The van der Waals surface area contributed by atoms with Crippen molar-refractivity contribution in [3.8, 4) is 0 Å². The van der Waals surface area contributed by atoms with Crippen LogP contribution in [0.2, 0.25) is 0 Å². The van der Waals surface area contributed by atoms with Gasteiger partial charge in [-0.2, -0.15) is 4.73 Å². The molecule has 0 aliphatic carbocycles. The highest BCUT2D eigenvalue weighted by atomic mass is 16.5. The van der Waals surface area contributed by atoms with Gasteiger partial charge in [0.1, 0.15) is 6.04 Å². The van der Waals surface area contributed by atoms with Crippen LogP contribution in [0.5, 0.6) is 0 Å². The summed E-state index contributed by atoms with van der Waals surface area (Å²) >= 11 is 0. The summed E-state index contributed by atoms with van der Waals surface area (Å²) in [6.07, 6.45) is 2.17. The van der Waals surface area contributed by atoms with Crippen LogP contribution in [0, 0.1) is 5.21 Å². The molecule has 29 heavy (non-hydrogen) atoms. The quantitative estimate of drug-likeness (QED) is 0.519. The third-order valence-electron chi connectivity index (χ3n) is 5.14. The zero-order valence-electron chi connectivity index (χ0n) is 15.7. The van der Waals surface area contributed by atoms with Crippen molar-refractivity contribution in [1.82, 2.24) is 10.2 Å². The zero-order chi connectivity index (χ0) is 20.4. The normalized spacial score (nSPS) is 18.7. The Labute approximate surface area is 167 Å². The molecule has 4 rings (SSSR count). The highest BCUT2D eigenvalue weighted by Crippen LogP contribution is 2.23. The summed E-state index contributed by atoms with van der Waals surface area (Å²) in [5.41, 5.74) is 1.13. The Kier molecular flexibility index (Phi) is 5.14. The number of fused-ring (bicyclic) bond motifs is 1. The summed E-state index contributed by atoms with van der Waals surface area (Å²) < 4.78 is 0.663. The van der Waals surface area contributed by atoms with Gasteiger partial charge in [-0.3, -0.25) is 9.59 Å². The van der Waals surface area contributed by atoms with E-state index in [9.17, 15) is 19.9 Å². The lowest BCUT2D eigenvalue weighted by Crippen LogP contribution is -2.45. The second-order valence-electron chi connectivity index (χ2n) is 7.21. The fraction of sp³-hybridized carbons (Fsp3) is 0.227. The van der Waals surface area contributed by atoms with Gasteiger partial charge in [-0.1, -0.05) is 30.3 Å². The van der Waals surface area contributed by atoms with E-state index >= 15 is 0 Å². The van der Waals surface area contributed by atoms with Crippen LogP contribution in [0.25, 0.3) is 10.8 Å². The molecule has 0 radical (unpaired) electrons. The van der Waals surface area contributed by atoms with Crippen molar-refractivity contribution in [3.05, 3.63) is 83.3 Å². The lowest BCUT2D eigenvalue weighted by atomic mass is 10.1. The first kappa shape index (κ1) is 18.9. The van der Waals surface area contributed by atoms with Crippen LogP contribution in [-0.2, 0) is 11.3 Å². The first-order valence-electron chi connectivity index (χ1n) is 9.44. The topological polar surface area (TPSA) is 96.6 Å². The molecule has 0 saturated carbocycles. The lowest BCUT2D eigenvalue weighted by Gasteiger charge is -2.24. The fourth-order valence-electron chi connectivity index (χ4n) is 3.69. The summed E-state index contributed by atoms with van der Waals surface area (Å²) in [4.78, 5) is 27.2. The van der Waals surface area contributed by atoms with Gasteiger partial charge in [-0.15, -0.1) is 0 Å². The monoisotopic (exact) mass is 391 g/mol. The number of aromatic nitrogens is 1. The molecule has 0 spiro atoms. The second-order valence-corrected chi connectivity index (χ2v) is 7.21. The number of carbonyl (C=O) groups is 2. The second kappa shape index (κ2) is 7.89. The molecule has 1 aliphatic heterocycles. The molecule has 1 aromatic heterocycles. The van der Waals surface area contributed by atoms with E-state index in [4.69, 9.17) is 0 Å². The van der Waals surface area contributed by atoms with E-state index in [2.05, 4.69) is 5.32 Å². The highest BCUT2D eigenvalue weighted by molar-refractivity contribution is 6.01. The minimum Gasteiger partial charge on any atom is -0.619 e. The molecule has 148 valence electrons. The molecule has 7 nitrogen and oxygen atoms in total. The Bertz CT molecular complexity index is 1070. The summed E-state index contributed by atoms with van der Waals surface area (Å²) in [5, 5.41) is 26.2. The molecule has 1 aliphatic rings. The summed E-state index contributed by atoms with van der Waals surface area (Å²) in [6, 6.07) is 15.7. The third-order valence-corrected chi connectivity index (χ3v) is 5.14. The Morgan fingerprint density at radius 3 is 2.72 bits per heavy atom. The maximum Gasteiger partial charge on any atom is 0.254 e. The smallest absolute Gasteiger partial charge is 0.254 e. The van der Waals surface area contributed by atoms with E-state index in [1.165, 1.54) is 17.3 Å². The minimum absolute atomic E-state index is 0.107. The minimum atomic E-state index is -0.757. The Morgan fingerprint density at radius 2 is 1.93 bits per heavy atom. The first-order valence-corrected chi connectivity index (χ1v) is 9.44. The number of nitrogens with zero attached hydrogens (tertiary/aromatic N) is 2. The van der Waals surface area contributed by atoms with Gasteiger partial charge in [-0.25, -0.2) is 0 Å². The molecule has 2 unspecified atom stereocenters. The molecular formula is C22H21N3O4. The maximum absolute atomic E-state index is 13.1. The van der Waals surface area contributed by atoms with Gasteiger partial charge < -0.3 is 20.5 Å². The summed E-state index contributed by atoms with van der Waals surface area (Å²) in [6.45, 7) is 0.280. The fourth-order valence-corrected chi connectivity index (χ4v) is 3.69. The largest absolute Gasteiger partial charge is 0.619 e. The number of carbonyl (C=O) groups excluding carboxylic acids is 2. The Morgan fingerprint density at radius 1 is 1.14 bits per heavy atom. The lowest BCUT2D eigenvalue weighted by molar-refractivity contribution is -0.605. The van der Waals surface area contributed by atoms with Crippen molar-refractivity contribution >= 4 is 22.6 Å². The predicted octanol–water partition coefficient (Wildman–Crippen LogP) is 1.36. The maximum atomic E-state index is 13.1. The number of hydrogen-bond donors (Lipinski definition) is 2. The molecule has 2 aromatic carbocycles. The van der Waals surface area contributed by atoms with Crippen LogP contribution in [-0.4, -0.2) is 40.5 Å². The van der Waals surface area contributed by atoms with Gasteiger partial charge in [0.05, 0.1) is 6.10 Å². The number of hydrogen-bond acceptors (Lipinski definition) is 4. The van der Waals surface area contributed by atoms with E-state index in [-0.39, 0.29) is 31.3 Å². The van der Waals surface area contributed by atoms with Gasteiger partial charge in [0, 0.05) is 36.7 Å². The van der Waals surface area contributed by atoms with E-state index in [1.54, 1.807) is 24.3 Å². The predicted molar refractivity (Wildman–Crippen MR) is 107 cm³/mol. The van der Waals surface area contributed by atoms with Crippen LogP contribution in [0.1, 0.15) is 22.3 Å². The molecule has 2 N–H and O–H groups in total. The number of β-amino-alcohol motifs (C(OH)–C–C–N with tert-alkyl or cyclic N) is 1. The molecule has 1 fully saturated rings. The Balaban J connectivity index is 1.50. The Hall–Kier alpha value is -3.45. The van der Waals surface area contributed by atoms with E-state index in [1.807, 2.05) is 30.3 Å². The number of pyridine rings is 1. The molecule has 3 aromatic rings. The van der Waals surface area contributed by atoms with Gasteiger partial charge in [0.2, 0.25) is 5.91 Å². The average molecular weight is 391 g/mol. The third kappa shape index (κ3) is 4.05. The number of benzene rings is 2. The molecule has 0 bridgehead atoms. The van der Waals surface area contributed by atoms with E-state index in [0.29, 0.717) is 15.9 Å². The summed E-state index contributed by atoms with van der Waals surface area (Å²) in [5.74, 6) is -0.637. The molecule has 2 atom stereocenters. The van der Waals surface area contributed by atoms with Gasteiger partial charge in [0.15, 0.2) is 12.4 Å². The zero-order valence-corrected chi connectivity index (χ0v) is 15.7. The van der Waals surface area contributed by atoms with E-state index in [0.717, 1.165) is 10.8 Å². The van der Waals surface area contributed by atoms with Crippen molar-refractivity contribution in [2.24, 2.45) is 0 Å². The van der Waals surface area contributed by atoms with Crippen LogP contribution in [0.15, 0.2) is 67.0 Å². The summed E-state index contributed by atoms with van der Waals surface area (Å²) in [7, 11) is 0. The SMILES string of the molecule is O=C(NCc1ccc[n+]([O-])c1)C1CC(O)CN1C(=O)c1ccc2ccccc2c1. The first-order chi connectivity index (χ1) is 14.0. The number of aliphatic hydroxyl groups excluding tert-OH is 1. The molecule has 2 heterocycles. The average Bonchev–Trinajstić information content (AvgIpc) is 3.13. The number of nitrogens with one attached hydrogen (secondary N) is 1. The van der Waals surface area contributed by atoms with Crippen molar-refractivity contribution in [2.45, 2.75) is 25.1 Å². The number of likely N-dealkylation sites (tertiary alicyclic amines) is 1. The van der Waals surface area contributed by atoms with Crippen molar-refractivity contribution in [2.75, 3.05) is 6.54 Å². The van der Waals surface area contributed by atoms with Gasteiger partial charge in [0.25, 0.3) is 5.91 Å². The number of amides is 2. The van der Waals surface area contributed by atoms with Crippen LogP contribution in [0.3, 0.4) is 0 Å². The van der Waals surface area contributed by atoms with Crippen molar-refractivity contribution < 1.29 is 19.4 Å². The molecular weight excluding hydrogens is 370 g/mol.